The number of carbonyl (C=O) groups is 1. The maximum absolute atomic E-state index is 14.7. The monoisotopic (exact) mass is 672 g/mol. The predicted molar refractivity (Wildman–Crippen MR) is 159 cm³/mol. The Morgan fingerprint density at radius 3 is 2.07 bits per heavy atom. The fourth-order valence-corrected chi connectivity index (χ4v) is 7.02. The summed E-state index contributed by atoms with van der Waals surface area (Å²) in [6.45, 7) is 0.529. The van der Waals surface area contributed by atoms with E-state index in [2.05, 4.69) is 10.3 Å². The number of likely N-dealkylation sites (tertiary alicyclic amines) is 1. The number of halogens is 6. The van der Waals surface area contributed by atoms with Gasteiger partial charge in [-0.25, -0.2) is 17.8 Å². The quantitative estimate of drug-likeness (QED) is 0.202. The highest BCUT2D eigenvalue weighted by Crippen LogP contribution is 2.37. The highest BCUT2D eigenvalue weighted by atomic mass is 35.5. The van der Waals surface area contributed by atoms with Crippen molar-refractivity contribution in [3.63, 3.8) is 0 Å². The number of anilines is 2. The molecule has 0 atom stereocenters. The summed E-state index contributed by atoms with van der Waals surface area (Å²) in [6, 6.07) is 16.7. The summed E-state index contributed by atoms with van der Waals surface area (Å²) in [5.41, 5.74) is 0.264. The lowest BCUT2D eigenvalue weighted by atomic mass is 9.93. The van der Waals surface area contributed by atoms with Gasteiger partial charge >= 0.3 is 6.18 Å². The van der Waals surface area contributed by atoms with Crippen molar-refractivity contribution in [3.8, 4) is 0 Å². The summed E-state index contributed by atoms with van der Waals surface area (Å²) in [6.07, 6.45) is -3.72. The van der Waals surface area contributed by atoms with Gasteiger partial charge < -0.3 is 0 Å². The molecule has 1 fully saturated rings. The topological polar surface area (TPSA) is 82.6 Å². The molecule has 1 aromatic heterocycles. The number of benzene rings is 3. The largest absolute Gasteiger partial charge is 0.434 e. The molecule has 1 amide bonds. The first-order valence-electron chi connectivity index (χ1n) is 12.6. The number of alkyl halides is 3. The molecular formula is C28H22Cl2F4N4O3S2. The van der Waals surface area contributed by atoms with Gasteiger partial charge in [0.15, 0.2) is 10.8 Å². The van der Waals surface area contributed by atoms with Crippen LogP contribution in [0.25, 0.3) is 0 Å². The number of hydrogen-bond donors (Lipinski definition) is 1. The van der Waals surface area contributed by atoms with Crippen LogP contribution in [0.4, 0.5) is 28.4 Å². The van der Waals surface area contributed by atoms with E-state index in [4.69, 9.17) is 23.2 Å². The average Bonchev–Trinajstić information content (AvgIpc) is 3.37. The fourth-order valence-electron chi connectivity index (χ4n) is 4.89. The van der Waals surface area contributed by atoms with E-state index in [1.54, 1.807) is 24.3 Å². The number of nitrogens with zero attached hydrogens (tertiary/aromatic N) is 3. The zero-order valence-electron chi connectivity index (χ0n) is 22.1. The molecule has 0 spiro atoms. The highest BCUT2D eigenvalue weighted by Gasteiger charge is 2.41. The van der Waals surface area contributed by atoms with Crippen LogP contribution in [-0.4, -0.2) is 49.6 Å². The maximum Gasteiger partial charge on any atom is 0.434 e. The van der Waals surface area contributed by atoms with E-state index >= 15 is 0 Å². The number of aromatic nitrogens is 1. The lowest BCUT2D eigenvalue weighted by molar-refractivity contribution is -0.140. The molecule has 1 saturated heterocycles. The molecule has 0 saturated carbocycles. The summed E-state index contributed by atoms with van der Waals surface area (Å²) in [5, 5.41) is 3.73. The number of hydrogen-bond acceptors (Lipinski definition) is 6. The number of sulfonamides is 1. The van der Waals surface area contributed by atoms with Crippen molar-refractivity contribution >= 4 is 61.3 Å². The smallest absolute Gasteiger partial charge is 0.298 e. The number of thiazole rings is 1. The lowest BCUT2D eigenvalue weighted by Crippen LogP contribution is -2.61. The fraction of sp³-hybridized carbons (Fsp3) is 0.214. The van der Waals surface area contributed by atoms with Gasteiger partial charge in [0.25, 0.3) is 5.91 Å². The van der Waals surface area contributed by atoms with E-state index in [1.807, 2.05) is 29.2 Å². The minimum absolute atomic E-state index is 0.0954. The Balaban J connectivity index is 1.40. The predicted octanol–water partition coefficient (Wildman–Crippen LogP) is 7.10. The van der Waals surface area contributed by atoms with Crippen LogP contribution >= 0.6 is 34.5 Å². The molecule has 43 heavy (non-hydrogen) atoms. The van der Waals surface area contributed by atoms with Crippen LogP contribution in [0.15, 0.2) is 72.1 Å². The molecule has 0 radical (unpaired) electrons. The molecule has 5 rings (SSSR count). The third-order valence-electron chi connectivity index (χ3n) is 6.73. The molecule has 3 aromatic carbocycles. The van der Waals surface area contributed by atoms with Crippen LogP contribution in [0.1, 0.15) is 33.2 Å². The van der Waals surface area contributed by atoms with Crippen molar-refractivity contribution in [3.05, 3.63) is 110 Å². The molecule has 7 nitrogen and oxygen atoms in total. The van der Waals surface area contributed by atoms with E-state index in [-0.39, 0.29) is 35.5 Å². The van der Waals surface area contributed by atoms with Gasteiger partial charge in [0, 0.05) is 34.1 Å². The van der Waals surface area contributed by atoms with Crippen LogP contribution in [0, 0.1) is 5.82 Å². The number of carbonyl (C=O) groups excluding carboxylic acids is 1. The van der Waals surface area contributed by atoms with Gasteiger partial charge in [-0.2, -0.15) is 13.2 Å². The van der Waals surface area contributed by atoms with Crippen LogP contribution in [0.5, 0.6) is 0 Å². The van der Waals surface area contributed by atoms with Crippen molar-refractivity contribution in [1.82, 2.24) is 9.88 Å². The Labute approximate surface area is 258 Å². The van der Waals surface area contributed by atoms with Gasteiger partial charge in [-0.3, -0.25) is 19.3 Å². The van der Waals surface area contributed by atoms with Gasteiger partial charge in [-0.15, -0.1) is 11.3 Å². The molecule has 2 heterocycles. The van der Waals surface area contributed by atoms with Crippen molar-refractivity contribution < 1.29 is 30.8 Å². The van der Waals surface area contributed by atoms with Crippen molar-refractivity contribution in [1.29, 1.82) is 0 Å². The molecule has 0 aliphatic carbocycles. The molecule has 0 bridgehead atoms. The molecule has 226 valence electrons. The summed E-state index contributed by atoms with van der Waals surface area (Å²) >= 11 is 12.7. The first kappa shape index (κ1) is 31.2. The zero-order valence-corrected chi connectivity index (χ0v) is 25.3. The Morgan fingerprint density at radius 2 is 1.58 bits per heavy atom. The average molecular weight is 674 g/mol. The third kappa shape index (κ3) is 7.13. The van der Waals surface area contributed by atoms with Crippen molar-refractivity contribution in [2.24, 2.45) is 0 Å². The molecule has 15 heteroatoms. The number of rotatable bonds is 8. The Hall–Kier alpha value is -3.23. The third-order valence-corrected chi connectivity index (χ3v) is 9.22. The molecule has 0 unspecified atom stereocenters. The van der Waals surface area contributed by atoms with E-state index in [0.29, 0.717) is 21.4 Å². The van der Waals surface area contributed by atoms with Gasteiger partial charge in [0.05, 0.1) is 24.0 Å². The number of amides is 1. The second kappa shape index (κ2) is 12.0. The summed E-state index contributed by atoms with van der Waals surface area (Å²) in [5.74, 6) is -1.85. The van der Waals surface area contributed by atoms with Crippen LogP contribution in [0.3, 0.4) is 0 Å². The zero-order chi connectivity index (χ0) is 31.1. The summed E-state index contributed by atoms with van der Waals surface area (Å²) in [4.78, 5) is 18.2. The molecule has 1 N–H and O–H groups in total. The van der Waals surface area contributed by atoms with Crippen LogP contribution in [-0.2, 0) is 16.2 Å². The SMILES string of the molecule is CS(=O)(=O)N(c1cc(F)cc(C(=O)Nc2nc(C(F)(F)F)cs2)c1)C1CN(C(c2ccc(Cl)cc2)c2ccc(Cl)cc2)C1. The standard InChI is InChI=1S/C28H22Cl2F4N4O3S2/c1-43(40,41)38(22-11-18(10-21(31)12-22)26(39)36-27-35-24(15-42-27)28(32,33)34)23-13-37(14-23)25(16-2-6-19(29)7-3-16)17-4-8-20(30)9-5-17/h2-12,15,23,25H,13-14H2,1H3,(H,35,36,39). The lowest BCUT2D eigenvalue weighted by Gasteiger charge is -2.48. The van der Waals surface area contributed by atoms with Crippen molar-refractivity contribution in [2.45, 2.75) is 18.3 Å². The van der Waals surface area contributed by atoms with E-state index < -0.39 is 39.7 Å². The Kier molecular flexibility index (Phi) is 8.74. The van der Waals surface area contributed by atoms with Gasteiger partial charge in [-0.1, -0.05) is 47.5 Å². The second-order valence-corrected chi connectivity index (χ2v) is 13.5. The van der Waals surface area contributed by atoms with Gasteiger partial charge in [0.1, 0.15) is 5.82 Å². The molecule has 1 aliphatic rings. The van der Waals surface area contributed by atoms with E-state index in [1.165, 1.54) is 6.07 Å². The van der Waals surface area contributed by atoms with E-state index in [0.717, 1.165) is 39.2 Å². The first-order valence-corrected chi connectivity index (χ1v) is 16.1. The Morgan fingerprint density at radius 1 is 1.02 bits per heavy atom. The normalized spacial score (nSPS) is 14.5. The van der Waals surface area contributed by atoms with Crippen LogP contribution < -0.4 is 9.62 Å². The summed E-state index contributed by atoms with van der Waals surface area (Å²) in [7, 11) is -3.96. The Bertz CT molecular complexity index is 1700. The molecule has 4 aromatic rings. The number of nitrogens with one attached hydrogen (secondary N) is 1. The molecular weight excluding hydrogens is 651 g/mol. The van der Waals surface area contributed by atoms with Crippen LogP contribution in [0.2, 0.25) is 10.0 Å². The van der Waals surface area contributed by atoms with Gasteiger partial charge in [0.2, 0.25) is 10.0 Å². The minimum Gasteiger partial charge on any atom is -0.298 e. The first-order chi connectivity index (χ1) is 20.2. The van der Waals surface area contributed by atoms with E-state index in [9.17, 15) is 30.8 Å². The highest BCUT2D eigenvalue weighted by molar-refractivity contribution is 7.92. The minimum atomic E-state index is -4.70. The molecule has 1 aliphatic heterocycles. The summed E-state index contributed by atoms with van der Waals surface area (Å²) < 4.78 is 80.4. The van der Waals surface area contributed by atoms with Gasteiger partial charge in [-0.05, 0) is 53.6 Å². The second-order valence-electron chi connectivity index (χ2n) is 9.86. The van der Waals surface area contributed by atoms with Crippen molar-refractivity contribution in [2.75, 3.05) is 29.0 Å². The maximum atomic E-state index is 14.7.